The van der Waals surface area contributed by atoms with Gasteiger partial charge in [0.25, 0.3) is 5.91 Å². The van der Waals surface area contributed by atoms with E-state index in [-0.39, 0.29) is 36.5 Å². The SMILES string of the molecule is CC/C(O)=C(\CC(=O)NCc1ccc(C)c(F)c1)C(=O)NC. The largest absolute Gasteiger partial charge is 0.512 e. The van der Waals surface area contributed by atoms with Crippen molar-refractivity contribution in [3.05, 3.63) is 46.5 Å². The highest BCUT2D eigenvalue weighted by Gasteiger charge is 2.17. The van der Waals surface area contributed by atoms with Gasteiger partial charge in [0.15, 0.2) is 0 Å². The Labute approximate surface area is 129 Å². The first-order chi connectivity index (χ1) is 10.4. The summed E-state index contributed by atoms with van der Waals surface area (Å²) in [6.45, 7) is 3.50. The number of likely N-dealkylation sites (N-methyl/N-ethyl adjacent to an activating group) is 1. The van der Waals surface area contributed by atoms with Crippen molar-refractivity contribution in [2.45, 2.75) is 33.2 Å². The Morgan fingerprint density at radius 2 is 2.00 bits per heavy atom. The summed E-state index contributed by atoms with van der Waals surface area (Å²) < 4.78 is 13.4. The van der Waals surface area contributed by atoms with Gasteiger partial charge in [-0.05, 0) is 24.1 Å². The van der Waals surface area contributed by atoms with Crippen LogP contribution in [-0.2, 0) is 16.1 Å². The highest BCUT2D eigenvalue weighted by atomic mass is 19.1. The number of nitrogens with one attached hydrogen (secondary N) is 2. The number of rotatable bonds is 6. The molecule has 0 spiro atoms. The third-order valence-electron chi connectivity index (χ3n) is 3.25. The van der Waals surface area contributed by atoms with Crippen molar-refractivity contribution in [3.8, 4) is 0 Å². The number of aryl methyl sites for hydroxylation is 1. The fourth-order valence-electron chi connectivity index (χ4n) is 1.85. The van der Waals surface area contributed by atoms with Gasteiger partial charge < -0.3 is 15.7 Å². The Kier molecular flexibility index (Phi) is 6.56. The number of aliphatic hydroxyl groups excluding tert-OH is 1. The number of carbonyl (C=O) groups excluding carboxylic acids is 2. The van der Waals surface area contributed by atoms with Gasteiger partial charge in [-0.1, -0.05) is 19.1 Å². The first-order valence-corrected chi connectivity index (χ1v) is 7.03. The number of allylic oxidation sites excluding steroid dienone is 1. The maximum Gasteiger partial charge on any atom is 0.250 e. The highest BCUT2D eigenvalue weighted by Crippen LogP contribution is 2.12. The number of benzene rings is 1. The van der Waals surface area contributed by atoms with Crippen LogP contribution in [-0.4, -0.2) is 24.0 Å². The monoisotopic (exact) mass is 308 g/mol. The van der Waals surface area contributed by atoms with Gasteiger partial charge in [-0.3, -0.25) is 9.59 Å². The molecular weight excluding hydrogens is 287 g/mol. The minimum absolute atomic E-state index is 0.0394. The van der Waals surface area contributed by atoms with Crippen LogP contribution < -0.4 is 10.6 Å². The number of hydrogen-bond acceptors (Lipinski definition) is 3. The van der Waals surface area contributed by atoms with E-state index in [4.69, 9.17) is 0 Å². The molecule has 0 atom stereocenters. The van der Waals surface area contributed by atoms with Crippen molar-refractivity contribution in [2.24, 2.45) is 0 Å². The van der Waals surface area contributed by atoms with Crippen LogP contribution in [0.3, 0.4) is 0 Å². The van der Waals surface area contributed by atoms with E-state index in [1.54, 1.807) is 26.0 Å². The Morgan fingerprint density at radius 1 is 1.32 bits per heavy atom. The van der Waals surface area contributed by atoms with Gasteiger partial charge in [-0.15, -0.1) is 0 Å². The van der Waals surface area contributed by atoms with Crippen LogP contribution in [0.5, 0.6) is 0 Å². The predicted molar refractivity (Wildman–Crippen MR) is 81.6 cm³/mol. The molecule has 0 bridgehead atoms. The minimum atomic E-state index is -0.490. The van der Waals surface area contributed by atoms with E-state index in [1.807, 2.05) is 0 Å². The zero-order valence-electron chi connectivity index (χ0n) is 13.0. The lowest BCUT2D eigenvalue weighted by molar-refractivity contribution is -0.123. The second-order valence-corrected chi connectivity index (χ2v) is 4.89. The van der Waals surface area contributed by atoms with Crippen molar-refractivity contribution < 1.29 is 19.1 Å². The molecule has 3 N–H and O–H groups in total. The molecule has 0 aliphatic rings. The molecule has 1 aromatic rings. The molecule has 0 heterocycles. The lowest BCUT2D eigenvalue weighted by atomic mass is 10.1. The molecule has 0 aliphatic heterocycles. The third-order valence-corrected chi connectivity index (χ3v) is 3.25. The second-order valence-electron chi connectivity index (χ2n) is 4.89. The fraction of sp³-hybridized carbons (Fsp3) is 0.375. The van der Waals surface area contributed by atoms with Gasteiger partial charge in [0.2, 0.25) is 5.91 Å². The van der Waals surface area contributed by atoms with Gasteiger partial charge in [-0.2, -0.15) is 0 Å². The normalized spacial score (nSPS) is 11.6. The van der Waals surface area contributed by atoms with Crippen LogP contribution in [0.2, 0.25) is 0 Å². The number of amides is 2. The number of hydrogen-bond donors (Lipinski definition) is 3. The molecule has 0 saturated heterocycles. The van der Waals surface area contributed by atoms with Gasteiger partial charge >= 0.3 is 0 Å². The first kappa shape index (κ1) is 17.7. The molecule has 0 fully saturated rings. The van der Waals surface area contributed by atoms with Gasteiger partial charge in [0, 0.05) is 20.0 Å². The molecule has 2 amide bonds. The average Bonchev–Trinajstić information content (AvgIpc) is 2.52. The fourth-order valence-corrected chi connectivity index (χ4v) is 1.85. The summed E-state index contributed by atoms with van der Waals surface area (Å²) in [5, 5.41) is 14.7. The van der Waals surface area contributed by atoms with Crippen molar-refractivity contribution in [1.82, 2.24) is 10.6 Å². The predicted octanol–water partition coefficient (Wildman–Crippen LogP) is 2.11. The Morgan fingerprint density at radius 3 is 2.55 bits per heavy atom. The lowest BCUT2D eigenvalue weighted by Gasteiger charge is -2.10. The van der Waals surface area contributed by atoms with Crippen LogP contribution in [0.25, 0.3) is 0 Å². The summed E-state index contributed by atoms with van der Waals surface area (Å²) in [5.74, 6) is -1.35. The lowest BCUT2D eigenvalue weighted by Crippen LogP contribution is -2.28. The standard InChI is InChI=1S/C16H21FN2O3/c1-4-14(20)12(16(22)18-3)8-15(21)19-9-11-6-5-10(2)13(17)7-11/h5-7,20H,4,8-9H2,1-3H3,(H,18,22)(H,19,21)/b14-12-. The summed E-state index contributed by atoms with van der Waals surface area (Å²) >= 11 is 0. The molecule has 6 heteroatoms. The molecule has 0 radical (unpaired) electrons. The molecule has 0 unspecified atom stereocenters. The van der Waals surface area contributed by atoms with E-state index in [0.29, 0.717) is 11.1 Å². The van der Waals surface area contributed by atoms with E-state index >= 15 is 0 Å². The summed E-state index contributed by atoms with van der Waals surface area (Å²) in [4.78, 5) is 23.5. The maximum atomic E-state index is 13.4. The summed E-state index contributed by atoms with van der Waals surface area (Å²) in [6, 6.07) is 4.71. The van der Waals surface area contributed by atoms with Crippen LogP contribution in [0.15, 0.2) is 29.5 Å². The number of aliphatic hydroxyl groups is 1. The molecule has 0 saturated carbocycles. The van der Waals surface area contributed by atoms with Gasteiger partial charge in [-0.25, -0.2) is 4.39 Å². The molecule has 1 rings (SSSR count). The van der Waals surface area contributed by atoms with E-state index in [0.717, 1.165) is 0 Å². The van der Waals surface area contributed by atoms with Gasteiger partial charge in [0.1, 0.15) is 11.6 Å². The Hall–Kier alpha value is -2.37. The van der Waals surface area contributed by atoms with E-state index in [2.05, 4.69) is 10.6 Å². The molecule has 22 heavy (non-hydrogen) atoms. The highest BCUT2D eigenvalue weighted by molar-refractivity contribution is 5.98. The van der Waals surface area contributed by atoms with Crippen LogP contribution in [0.4, 0.5) is 4.39 Å². The van der Waals surface area contributed by atoms with Crippen LogP contribution in [0, 0.1) is 12.7 Å². The molecular formula is C16H21FN2O3. The molecule has 120 valence electrons. The quantitative estimate of drug-likeness (QED) is 0.556. The van der Waals surface area contributed by atoms with Crippen molar-refractivity contribution >= 4 is 11.8 Å². The summed E-state index contributed by atoms with van der Waals surface area (Å²) in [6.07, 6.45) is 0.0346. The minimum Gasteiger partial charge on any atom is -0.512 e. The Bertz CT molecular complexity index is 597. The molecule has 1 aromatic carbocycles. The van der Waals surface area contributed by atoms with Crippen molar-refractivity contribution in [2.75, 3.05) is 7.05 Å². The molecule has 5 nitrogen and oxygen atoms in total. The second kappa shape index (κ2) is 8.17. The zero-order valence-corrected chi connectivity index (χ0v) is 13.0. The maximum absolute atomic E-state index is 13.4. The van der Waals surface area contributed by atoms with Crippen molar-refractivity contribution in [3.63, 3.8) is 0 Å². The number of halogens is 1. The van der Waals surface area contributed by atoms with Gasteiger partial charge in [0.05, 0.1) is 12.0 Å². The molecule has 0 aromatic heterocycles. The van der Waals surface area contributed by atoms with E-state index in [1.165, 1.54) is 13.1 Å². The average molecular weight is 308 g/mol. The number of carbonyl (C=O) groups is 2. The first-order valence-electron chi connectivity index (χ1n) is 7.03. The van der Waals surface area contributed by atoms with E-state index < -0.39 is 11.8 Å². The zero-order chi connectivity index (χ0) is 16.7. The van der Waals surface area contributed by atoms with Crippen LogP contribution in [0.1, 0.15) is 30.9 Å². The topological polar surface area (TPSA) is 78.4 Å². The smallest absolute Gasteiger partial charge is 0.250 e. The summed E-state index contributed by atoms with van der Waals surface area (Å²) in [5.41, 5.74) is 1.20. The Balaban J connectivity index is 2.68. The van der Waals surface area contributed by atoms with Crippen LogP contribution >= 0.6 is 0 Å². The molecule has 0 aliphatic carbocycles. The van der Waals surface area contributed by atoms with Crippen molar-refractivity contribution in [1.29, 1.82) is 0 Å². The van der Waals surface area contributed by atoms with E-state index in [9.17, 15) is 19.1 Å². The third kappa shape index (κ3) is 4.87. The summed E-state index contributed by atoms with van der Waals surface area (Å²) in [7, 11) is 1.43.